The molecule has 0 fully saturated rings. The van der Waals surface area contributed by atoms with Crippen LogP contribution >= 0.6 is 39.9 Å². The Morgan fingerprint density at radius 2 is 2.17 bits per heavy atom. The Hall–Kier alpha value is 0.480. The third kappa shape index (κ3) is 2.48. The molecule has 0 aliphatic heterocycles. The van der Waals surface area contributed by atoms with E-state index in [0.29, 0.717) is 9.96 Å². The summed E-state index contributed by atoms with van der Waals surface area (Å²) in [6.45, 7) is 0. The van der Waals surface area contributed by atoms with Gasteiger partial charge in [0.15, 0.2) is 9.84 Å². The van der Waals surface area contributed by atoms with Crippen molar-refractivity contribution in [2.45, 2.75) is 4.21 Å². The molecule has 0 aliphatic rings. The summed E-state index contributed by atoms with van der Waals surface area (Å²) in [5.41, 5.74) is 0. The maximum atomic E-state index is 11.4. The van der Waals surface area contributed by atoms with Crippen LogP contribution in [0.3, 0.4) is 0 Å². The highest BCUT2D eigenvalue weighted by Gasteiger charge is 2.14. The molecule has 0 aromatic carbocycles. The van der Waals surface area contributed by atoms with Crippen molar-refractivity contribution in [1.82, 2.24) is 0 Å². The molecule has 6 heteroatoms. The number of halogens is 1. The first kappa shape index (κ1) is 10.6. The van der Waals surface area contributed by atoms with Crippen molar-refractivity contribution in [3.63, 3.8) is 0 Å². The van der Waals surface area contributed by atoms with Crippen LogP contribution < -0.4 is 0 Å². The largest absolute Gasteiger partial charge is 0.223 e. The van der Waals surface area contributed by atoms with Crippen LogP contribution in [0.4, 0.5) is 0 Å². The van der Waals surface area contributed by atoms with E-state index in [2.05, 4.69) is 28.6 Å². The summed E-state index contributed by atoms with van der Waals surface area (Å²) in [6.07, 6.45) is 0. The summed E-state index contributed by atoms with van der Waals surface area (Å²) in [6, 6.07) is 3.34. The third-order valence-electron chi connectivity index (χ3n) is 1.22. The van der Waals surface area contributed by atoms with Gasteiger partial charge < -0.3 is 0 Å². The van der Waals surface area contributed by atoms with Crippen LogP contribution in [0.25, 0.3) is 0 Å². The van der Waals surface area contributed by atoms with E-state index in [1.54, 1.807) is 12.1 Å². The minimum atomic E-state index is -3.08. The zero-order valence-corrected chi connectivity index (χ0v) is 10.1. The zero-order chi connectivity index (χ0) is 9.19. The molecular weight excluding hydrogens is 280 g/mol. The van der Waals surface area contributed by atoms with E-state index in [-0.39, 0.29) is 5.75 Å². The average Bonchev–Trinajstić information content (AvgIpc) is 2.36. The topological polar surface area (TPSA) is 34.1 Å². The van der Waals surface area contributed by atoms with E-state index >= 15 is 0 Å². The van der Waals surface area contributed by atoms with Crippen molar-refractivity contribution in [3.8, 4) is 0 Å². The first-order valence-electron chi connectivity index (χ1n) is 3.15. The molecule has 2 nitrogen and oxygen atoms in total. The Morgan fingerprint density at radius 1 is 1.50 bits per heavy atom. The minimum absolute atomic E-state index is 0.100. The van der Waals surface area contributed by atoms with Crippen LogP contribution in [0.2, 0.25) is 0 Å². The van der Waals surface area contributed by atoms with Crippen molar-refractivity contribution < 1.29 is 8.42 Å². The van der Waals surface area contributed by atoms with Gasteiger partial charge in [0, 0.05) is 5.75 Å². The maximum Gasteiger partial charge on any atom is 0.188 e. The Labute approximate surface area is 89.4 Å². The molecule has 1 heterocycles. The molecular formula is C6H7BrO2S3. The van der Waals surface area contributed by atoms with Crippen molar-refractivity contribution >= 4 is 49.7 Å². The molecule has 0 amide bonds. The molecule has 0 atom stereocenters. The van der Waals surface area contributed by atoms with E-state index in [0.717, 1.165) is 3.79 Å². The van der Waals surface area contributed by atoms with Gasteiger partial charge in [-0.25, -0.2) is 8.42 Å². The predicted octanol–water partition coefficient (Wildman–Crippen LogP) is 2.21. The Balaban J connectivity index is 2.98. The highest BCUT2D eigenvalue weighted by Crippen LogP contribution is 2.26. The Kier molecular flexibility index (Phi) is 3.63. The van der Waals surface area contributed by atoms with Crippen LogP contribution in [0.1, 0.15) is 0 Å². The van der Waals surface area contributed by atoms with E-state index in [4.69, 9.17) is 0 Å². The lowest BCUT2D eigenvalue weighted by Gasteiger charge is -1.96. The molecule has 1 aromatic rings. The lowest BCUT2D eigenvalue weighted by molar-refractivity contribution is 0.599. The summed E-state index contributed by atoms with van der Waals surface area (Å²) >= 11 is 8.32. The van der Waals surface area contributed by atoms with Crippen molar-refractivity contribution in [2.75, 3.05) is 11.5 Å². The summed E-state index contributed by atoms with van der Waals surface area (Å²) in [7, 11) is -3.08. The second-order valence-electron chi connectivity index (χ2n) is 2.10. The van der Waals surface area contributed by atoms with Crippen molar-refractivity contribution in [1.29, 1.82) is 0 Å². The molecule has 0 radical (unpaired) electrons. The van der Waals surface area contributed by atoms with Crippen LogP contribution in [0.15, 0.2) is 20.1 Å². The normalized spacial score (nSPS) is 11.8. The third-order valence-corrected chi connectivity index (χ3v) is 5.66. The van der Waals surface area contributed by atoms with Crippen LogP contribution in [0, 0.1) is 0 Å². The van der Waals surface area contributed by atoms with Crippen molar-refractivity contribution in [2.24, 2.45) is 0 Å². The molecule has 0 N–H and O–H groups in total. The van der Waals surface area contributed by atoms with Gasteiger partial charge >= 0.3 is 0 Å². The standard InChI is InChI=1S/C6H7BrO2S3/c7-5-1-2-6(11-5)12(8,9)4-3-10/h1-2,10H,3-4H2. The monoisotopic (exact) mass is 286 g/mol. The van der Waals surface area contributed by atoms with Crippen LogP contribution in [0.5, 0.6) is 0 Å². The highest BCUT2D eigenvalue weighted by atomic mass is 79.9. The summed E-state index contributed by atoms with van der Waals surface area (Å²) in [4.78, 5) is 0. The molecule has 0 saturated carbocycles. The number of thiol groups is 1. The number of sulfone groups is 1. The van der Waals surface area contributed by atoms with E-state index < -0.39 is 9.84 Å². The number of thiophene rings is 1. The first-order chi connectivity index (χ1) is 5.56. The number of hydrogen-bond donors (Lipinski definition) is 1. The van der Waals surface area contributed by atoms with Gasteiger partial charge in [-0.3, -0.25) is 0 Å². The number of rotatable bonds is 3. The lowest BCUT2D eigenvalue weighted by Crippen LogP contribution is -2.05. The van der Waals surface area contributed by atoms with Crippen LogP contribution in [-0.4, -0.2) is 19.9 Å². The van der Waals surface area contributed by atoms with Gasteiger partial charge in [-0.1, -0.05) is 0 Å². The van der Waals surface area contributed by atoms with Crippen LogP contribution in [-0.2, 0) is 9.84 Å². The molecule has 0 aliphatic carbocycles. The van der Waals surface area contributed by atoms with Gasteiger partial charge in [-0.2, -0.15) is 12.6 Å². The molecule has 1 rings (SSSR count). The Morgan fingerprint density at radius 3 is 2.58 bits per heavy atom. The van der Waals surface area contributed by atoms with E-state index in [1.165, 1.54) is 11.3 Å². The zero-order valence-electron chi connectivity index (χ0n) is 6.03. The van der Waals surface area contributed by atoms with Gasteiger partial charge in [0.1, 0.15) is 4.21 Å². The number of hydrogen-bond acceptors (Lipinski definition) is 4. The fourth-order valence-corrected chi connectivity index (χ4v) is 4.59. The predicted molar refractivity (Wildman–Crippen MR) is 57.9 cm³/mol. The fourth-order valence-electron chi connectivity index (χ4n) is 0.686. The SMILES string of the molecule is O=S(=O)(CCS)c1ccc(Br)s1. The maximum absolute atomic E-state index is 11.4. The molecule has 0 saturated heterocycles. The minimum Gasteiger partial charge on any atom is -0.223 e. The first-order valence-corrected chi connectivity index (χ1v) is 7.04. The van der Waals surface area contributed by atoms with E-state index in [9.17, 15) is 8.42 Å². The fraction of sp³-hybridized carbons (Fsp3) is 0.333. The quantitative estimate of drug-likeness (QED) is 0.865. The van der Waals surface area contributed by atoms with Gasteiger partial charge in [0.05, 0.1) is 9.54 Å². The van der Waals surface area contributed by atoms with E-state index in [1.807, 2.05) is 0 Å². The molecule has 0 unspecified atom stereocenters. The smallest absolute Gasteiger partial charge is 0.188 e. The summed E-state index contributed by atoms with van der Waals surface area (Å²) in [5, 5.41) is 0. The molecule has 0 spiro atoms. The summed E-state index contributed by atoms with van der Waals surface area (Å²) < 4.78 is 24.0. The second kappa shape index (κ2) is 4.13. The molecule has 1 aromatic heterocycles. The Bertz CT molecular complexity index is 355. The average molecular weight is 287 g/mol. The van der Waals surface area contributed by atoms with Gasteiger partial charge in [-0.15, -0.1) is 11.3 Å². The lowest BCUT2D eigenvalue weighted by atomic mass is 10.7. The second-order valence-corrected chi connectivity index (χ2v) is 7.35. The molecule has 68 valence electrons. The van der Waals surface area contributed by atoms with Gasteiger partial charge in [-0.05, 0) is 28.1 Å². The van der Waals surface area contributed by atoms with Crippen molar-refractivity contribution in [3.05, 3.63) is 15.9 Å². The molecule has 12 heavy (non-hydrogen) atoms. The van der Waals surface area contributed by atoms with Gasteiger partial charge in [0.25, 0.3) is 0 Å². The molecule has 0 bridgehead atoms. The van der Waals surface area contributed by atoms with Gasteiger partial charge in [0.2, 0.25) is 0 Å². The summed E-state index contributed by atoms with van der Waals surface area (Å²) in [5.74, 6) is 0.459. The highest BCUT2D eigenvalue weighted by molar-refractivity contribution is 9.11.